The van der Waals surface area contributed by atoms with Crippen molar-refractivity contribution >= 4 is 25.4 Å². The van der Waals surface area contributed by atoms with Crippen molar-refractivity contribution in [2.75, 3.05) is 6.54 Å². The third-order valence-electron chi connectivity index (χ3n) is 6.48. The molecule has 0 bridgehead atoms. The number of aromatic nitrogens is 2. The number of likely N-dealkylation sites (tertiary alicyclic amines) is 1. The van der Waals surface area contributed by atoms with E-state index in [0.29, 0.717) is 28.9 Å². The molecule has 2 amide bonds. The van der Waals surface area contributed by atoms with Crippen molar-refractivity contribution in [2.45, 2.75) is 44.4 Å². The average Bonchev–Trinajstić information content (AvgIpc) is 3.31. The Morgan fingerprint density at radius 3 is 2.28 bits per heavy atom. The fraction of sp³-hybridized carbons (Fsp3) is 0.296. The molecule has 1 aliphatic rings. The van der Waals surface area contributed by atoms with Crippen LogP contribution in [0.4, 0.5) is 0 Å². The van der Waals surface area contributed by atoms with Crippen LogP contribution < -0.4 is 5.32 Å². The van der Waals surface area contributed by atoms with Crippen LogP contribution in [0.1, 0.15) is 39.9 Å². The SMILES string of the molecule is Cc1ccnc(-c2cc(C(=O)NC3CC(C(=O)O)N(C(=O)CCc4ccc(CP(=O)(O)O)cc4)C3)ccn2)c1. The zero-order chi connectivity index (χ0) is 28.2. The Bertz CT molecular complexity index is 1420. The molecule has 204 valence electrons. The molecule has 11 nitrogen and oxygen atoms in total. The van der Waals surface area contributed by atoms with E-state index in [0.717, 1.165) is 11.1 Å². The maximum atomic E-state index is 13.0. The Hall–Kier alpha value is -3.92. The van der Waals surface area contributed by atoms with Gasteiger partial charge in [-0.1, -0.05) is 24.3 Å². The zero-order valence-corrected chi connectivity index (χ0v) is 22.1. The maximum Gasteiger partial charge on any atom is 0.329 e. The molecule has 2 atom stereocenters. The standard InChI is InChI=1S/C27H29N4O7P/c1-17-8-10-28-22(12-17)23-13-20(9-11-29-23)26(33)30-21-14-24(27(34)35)31(15-21)25(32)7-6-18-2-4-19(5-3-18)16-39(36,37)38/h2-5,8-13,21,24H,6-7,14-16H2,1H3,(H,30,33)(H,34,35)(H2,36,37,38). The normalized spacial score (nSPS) is 17.2. The number of aliphatic carboxylic acids is 1. The highest BCUT2D eigenvalue weighted by Gasteiger charge is 2.40. The van der Waals surface area contributed by atoms with Gasteiger partial charge in [-0.3, -0.25) is 24.1 Å². The lowest BCUT2D eigenvalue weighted by Gasteiger charge is -2.21. The molecule has 2 unspecified atom stereocenters. The second kappa shape index (κ2) is 11.9. The molecule has 0 aliphatic carbocycles. The van der Waals surface area contributed by atoms with E-state index in [1.54, 1.807) is 42.6 Å². The smallest absolute Gasteiger partial charge is 0.329 e. The summed E-state index contributed by atoms with van der Waals surface area (Å²) in [5, 5.41) is 12.6. The van der Waals surface area contributed by atoms with Gasteiger partial charge in [-0.2, -0.15) is 0 Å². The van der Waals surface area contributed by atoms with Gasteiger partial charge in [0, 0.05) is 43.4 Å². The molecule has 4 N–H and O–H groups in total. The van der Waals surface area contributed by atoms with Crippen LogP contribution in [0, 0.1) is 6.92 Å². The van der Waals surface area contributed by atoms with Gasteiger partial charge in [0.15, 0.2) is 0 Å². The number of rotatable bonds is 9. The predicted octanol–water partition coefficient (Wildman–Crippen LogP) is 2.55. The Balaban J connectivity index is 1.37. The van der Waals surface area contributed by atoms with Crippen molar-refractivity contribution in [3.63, 3.8) is 0 Å². The number of aryl methyl sites for hydroxylation is 2. The summed E-state index contributed by atoms with van der Waals surface area (Å²) in [6.07, 6.45) is 3.29. The van der Waals surface area contributed by atoms with Crippen LogP contribution in [0.5, 0.6) is 0 Å². The van der Waals surface area contributed by atoms with Gasteiger partial charge in [-0.25, -0.2) is 4.79 Å². The number of carboxylic acids is 1. The van der Waals surface area contributed by atoms with Crippen LogP contribution in [0.15, 0.2) is 60.9 Å². The molecule has 4 rings (SSSR count). The van der Waals surface area contributed by atoms with Crippen LogP contribution in [0.25, 0.3) is 11.4 Å². The number of hydrogen-bond donors (Lipinski definition) is 4. The molecule has 2 aromatic heterocycles. The fourth-order valence-electron chi connectivity index (χ4n) is 4.55. The lowest BCUT2D eigenvalue weighted by atomic mass is 10.1. The minimum Gasteiger partial charge on any atom is -0.480 e. The van der Waals surface area contributed by atoms with Crippen LogP contribution >= 0.6 is 7.60 Å². The average molecular weight is 553 g/mol. The summed E-state index contributed by atoms with van der Waals surface area (Å²) in [5.74, 6) is -1.89. The number of carbonyl (C=O) groups is 3. The van der Waals surface area contributed by atoms with Gasteiger partial charge in [-0.15, -0.1) is 0 Å². The van der Waals surface area contributed by atoms with Gasteiger partial charge < -0.3 is 25.1 Å². The quantitative estimate of drug-likeness (QED) is 0.291. The Morgan fingerprint density at radius 2 is 1.64 bits per heavy atom. The van der Waals surface area contributed by atoms with Crippen molar-refractivity contribution in [1.29, 1.82) is 0 Å². The lowest BCUT2D eigenvalue weighted by molar-refractivity contribution is -0.148. The zero-order valence-electron chi connectivity index (χ0n) is 21.2. The maximum absolute atomic E-state index is 13.0. The van der Waals surface area contributed by atoms with Crippen LogP contribution in [0.3, 0.4) is 0 Å². The van der Waals surface area contributed by atoms with Crippen LogP contribution in [0.2, 0.25) is 0 Å². The molecule has 0 spiro atoms. The number of nitrogens with one attached hydrogen (secondary N) is 1. The first-order valence-corrected chi connectivity index (χ1v) is 14.1. The number of carboxylic acid groups (broad SMARTS) is 1. The summed E-state index contributed by atoms with van der Waals surface area (Å²) < 4.78 is 11.2. The highest BCUT2D eigenvalue weighted by molar-refractivity contribution is 7.50. The van der Waals surface area contributed by atoms with E-state index in [9.17, 15) is 24.1 Å². The summed E-state index contributed by atoms with van der Waals surface area (Å²) >= 11 is 0. The van der Waals surface area contributed by atoms with Crippen LogP contribution in [-0.2, 0) is 26.7 Å². The van der Waals surface area contributed by atoms with E-state index in [2.05, 4.69) is 15.3 Å². The van der Waals surface area contributed by atoms with Crippen molar-refractivity contribution in [3.8, 4) is 11.4 Å². The fourth-order valence-corrected chi connectivity index (χ4v) is 5.24. The molecule has 0 radical (unpaired) electrons. The number of nitrogens with zero attached hydrogens (tertiary/aromatic N) is 3. The summed E-state index contributed by atoms with van der Waals surface area (Å²) in [7, 11) is -4.17. The van der Waals surface area contributed by atoms with Crippen molar-refractivity contribution in [1.82, 2.24) is 20.2 Å². The Labute approximate surface area is 225 Å². The van der Waals surface area contributed by atoms with E-state index >= 15 is 0 Å². The molecular formula is C27H29N4O7P. The summed E-state index contributed by atoms with van der Waals surface area (Å²) in [5.41, 5.74) is 3.79. The third-order valence-corrected chi connectivity index (χ3v) is 7.26. The number of amides is 2. The molecule has 0 saturated carbocycles. The van der Waals surface area contributed by atoms with E-state index < -0.39 is 31.6 Å². The topological polar surface area (TPSA) is 170 Å². The predicted molar refractivity (Wildman–Crippen MR) is 142 cm³/mol. The lowest BCUT2D eigenvalue weighted by Crippen LogP contribution is -2.41. The monoisotopic (exact) mass is 552 g/mol. The molecule has 39 heavy (non-hydrogen) atoms. The third kappa shape index (κ3) is 7.57. The number of carbonyl (C=O) groups excluding carboxylic acids is 2. The highest BCUT2D eigenvalue weighted by atomic mass is 31.2. The van der Waals surface area contributed by atoms with E-state index in [1.807, 2.05) is 19.1 Å². The van der Waals surface area contributed by atoms with E-state index in [4.69, 9.17) is 9.79 Å². The first-order chi connectivity index (χ1) is 18.5. The van der Waals surface area contributed by atoms with E-state index in [-0.39, 0.29) is 31.5 Å². The summed E-state index contributed by atoms with van der Waals surface area (Å²) in [6, 6.07) is 11.9. The van der Waals surface area contributed by atoms with Crippen molar-refractivity contribution in [3.05, 3.63) is 83.2 Å². The van der Waals surface area contributed by atoms with Gasteiger partial charge in [0.25, 0.3) is 5.91 Å². The summed E-state index contributed by atoms with van der Waals surface area (Å²) in [4.78, 5) is 65.9. The van der Waals surface area contributed by atoms with Gasteiger partial charge in [0.2, 0.25) is 5.91 Å². The minimum absolute atomic E-state index is 0.0551. The van der Waals surface area contributed by atoms with Crippen molar-refractivity contribution < 1.29 is 33.8 Å². The van der Waals surface area contributed by atoms with Gasteiger partial charge in [0.1, 0.15) is 6.04 Å². The molecule has 1 aliphatic heterocycles. The van der Waals surface area contributed by atoms with Crippen LogP contribution in [-0.4, -0.2) is 66.2 Å². The molecule has 1 aromatic carbocycles. The molecule has 12 heteroatoms. The van der Waals surface area contributed by atoms with Gasteiger partial charge in [0.05, 0.1) is 17.5 Å². The molecular weight excluding hydrogens is 523 g/mol. The molecule has 1 fully saturated rings. The highest BCUT2D eigenvalue weighted by Crippen LogP contribution is 2.39. The van der Waals surface area contributed by atoms with Gasteiger partial charge >= 0.3 is 13.6 Å². The Kier molecular flexibility index (Phi) is 8.54. The number of benzene rings is 1. The summed E-state index contributed by atoms with van der Waals surface area (Å²) in [6.45, 7) is 2.00. The van der Waals surface area contributed by atoms with E-state index in [1.165, 1.54) is 11.1 Å². The number of hydrogen-bond acceptors (Lipinski definition) is 6. The molecule has 3 heterocycles. The first kappa shape index (κ1) is 28.1. The molecule has 3 aromatic rings. The van der Waals surface area contributed by atoms with Gasteiger partial charge in [-0.05, 0) is 54.3 Å². The molecule has 1 saturated heterocycles. The Morgan fingerprint density at radius 1 is 1.00 bits per heavy atom. The second-order valence-electron chi connectivity index (χ2n) is 9.59. The first-order valence-electron chi connectivity index (χ1n) is 12.3. The largest absolute Gasteiger partial charge is 0.480 e. The minimum atomic E-state index is -4.17. The van der Waals surface area contributed by atoms with Crippen molar-refractivity contribution in [2.24, 2.45) is 0 Å². The number of pyridine rings is 2. The second-order valence-corrected chi connectivity index (χ2v) is 11.2.